The zero-order valence-corrected chi connectivity index (χ0v) is 20.1. The second-order valence-electron chi connectivity index (χ2n) is 7.82. The number of alkyl carbamates (subject to hydrolysis) is 1. The van der Waals surface area contributed by atoms with E-state index < -0.39 is 12.0 Å². The van der Waals surface area contributed by atoms with Gasteiger partial charge in [0.2, 0.25) is 0 Å². The van der Waals surface area contributed by atoms with Crippen molar-refractivity contribution in [2.75, 3.05) is 6.54 Å². The van der Waals surface area contributed by atoms with Crippen LogP contribution in [-0.4, -0.2) is 24.8 Å². The number of amides is 2. The van der Waals surface area contributed by atoms with Crippen LogP contribution in [0.4, 0.5) is 4.79 Å². The molecule has 8 heteroatoms. The zero-order chi connectivity index (χ0) is 25.2. The number of fused-ring (bicyclic) bond motifs is 1. The normalized spacial score (nSPS) is 10.8. The van der Waals surface area contributed by atoms with Gasteiger partial charge in [-0.15, -0.1) is 0 Å². The molecular formula is C28H24ClN3O4. The van der Waals surface area contributed by atoms with E-state index in [-0.39, 0.29) is 13.2 Å². The van der Waals surface area contributed by atoms with Gasteiger partial charge >= 0.3 is 6.09 Å². The van der Waals surface area contributed by atoms with E-state index in [1.54, 1.807) is 0 Å². The lowest BCUT2D eigenvalue weighted by molar-refractivity contribution is -0.120. The van der Waals surface area contributed by atoms with Crippen LogP contribution in [0.1, 0.15) is 16.7 Å². The second-order valence-corrected chi connectivity index (χ2v) is 8.26. The Morgan fingerprint density at radius 3 is 2.36 bits per heavy atom. The molecule has 0 aromatic heterocycles. The van der Waals surface area contributed by atoms with E-state index in [4.69, 9.17) is 21.1 Å². The third kappa shape index (κ3) is 7.07. The van der Waals surface area contributed by atoms with Crippen LogP contribution in [0.25, 0.3) is 10.8 Å². The minimum absolute atomic E-state index is 0.117. The first-order valence-corrected chi connectivity index (χ1v) is 11.6. The number of ether oxygens (including phenoxy) is 2. The van der Waals surface area contributed by atoms with Crippen LogP contribution in [-0.2, 0) is 22.7 Å². The van der Waals surface area contributed by atoms with E-state index in [1.165, 1.54) is 6.21 Å². The summed E-state index contributed by atoms with van der Waals surface area (Å²) < 4.78 is 11.1. The molecule has 4 aromatic rings. The van der Waals surface area contributed by atoms with E-state index in [0.717, 1.165) is 27.5 Å². The summed E-state index contributed by atoms with van der Waals surface area (Å²) in [6, 6.07) is 28.3. The van der Waals surface area contributed by atoms with Crippen molar-refractivity contribution in [3.8, 4) is 5.75 Å². The van der Waals surface area contributed by atoms with Gasteiger partial charge in [-0.2, -0.15) is 5.10 Å². The Kier molecular flexibility index (Phi) is 8.51. The summed E-state index contributed by atoms with van der Waals surface area (Å²) in [4.78, 5) is 24.0. The van der Waals surface area contributed by atoms with Crippen molar-refractivity contribution >= 4 is 40.6 Å². The molecule has 0 heterocycles. The van der Waals surface area contributed by atoms with Gasteiger partial charge in [-0.25, -0.2) is 10.2 Å². The molecule has 0 radical (unpaired) electrons. The largest absolute Gasteiger partial charge is 0.488 e. The van der Waals surface area contributed by atoms with Crippen molar-refractivity contribution < 1.29 is 19.1 Å². The van der Waals surface area contributed by atoms with Gasteiger partial charge in [0, 0.05) is 10.6 Å². The number of halogens is 1. The molecule has 0 bridgehead atoms. The summed E-state index contributed by atoms with van der Waals surface area (Å²) in [6.45, 7) is 0.185. The molecule has 4 aromatic carbocycles. The molecule has 2 N–H and O–H groups in total. The Hall–Kier alpha value is -4.36. The molecule has 0 fully saturated rings. The molecule has 4 rings (SSSR count). The van der Waals surface area contributed by atoms with E-state index >= 15 is 0 Å². The van der Waals surface area contributed by atoms with Crippen molar-refractivity contribution in [2.45, 2.75) is 13.2 Å². The highest BCUT2D eigenvalue weighted by molar-refractivity contribution is 6.30. The maximum absolute atomic E-state index is 12.2. The smallest absolute Gasteiger partial charge is 0.407 e. The van der Waals surface area contributed by atoms with Crippen LogP contribution < -0.4 is 15.5 Å². The van der Waals surface area contributed by atoms with Crippen LogP contribution in [0, 0.1) is 0 Å². The van der Waals surface area contributed by atoms with Crippen molar-refractivity contribution in [3.63, 3.8) is 0 Å². The average molecular weight is 502 g/mol. The lowest BCUT2D eigenvalue weighted by Crippen LogP contribution is -2.35. The summed E-state index contributed by atoms with van der Waals surface area (Å²) in [5.74, 6) is 0.121. The summed E-state index contributed by atoms with van der Waals surface area (Å²) in [5, 5.41) is 9.07. The summed E-state index contributed by atoms with van der Waals surface area (Å²) in [6.07, 6.45) is 0.843. The molecule has 182 valence electrons. The van der Waals surface area contributed by atoms with Crippen LogP contribution >= 0.6 is 11.6 Å². The molecule has 0 aliphatic carbocycles. The third-order valence-corrected chi connectivity index (χ3v) is 5.48. The number of hydrazone groups is 1. The molecule has 0 aliphatic heterocycles. The molecule has 7 nitrogen and oxygen atoms in total. The van der Waals surface area contributed by atoms with Gasteiger partial charge in [-0.05, 0) is 40.1 Å². The Balaban J connectivity index is 1.35. The number of carbonyl (C=O) groups is 2. The monoisotopic (exact) mass is 501 g/mol. The summed E-state index contributed by atoms with van der Waals surface area (Å²) in [7, 11) is 0. The number of hydrogen-bond donors (Lipinski definition) is 2. The van der Waals surface area contributed by atoms with Crippen LogP contribution in [0.2, 0.25) is 5.02 Å². The van der Waals surface area contributed by atoms with E-state index in [2.05, 4.69) is 15.8 Å². The lowest BCUT2D eigenvalue weighted by Gasteiger charge is -2.12. The third-order valence-electron chi connectivity index (χ3n) is 5.23. The Morgan fingerprint density at radius 1 is 0.833 bits per heavy atom. The highest BCUT2D eigenvalue weighted by Crippen LogP contribution is 2.27. The van der Waals surface area contributed by atoms with E-state index in [0.29, 0.717) is 17.4 Å². The number of hydrogen-bond acceptors (Lipinski definition) is 5. The van der Waals surface area contributed by atoms with Gasteiger partial charge in [0.25, 0.3) is 5.91 Å². The topological polar surface area (TPSA) is 89.0 Å². The molecule has 0 unspecified atom stereocenters. The minimum atomic E-state index is -0.690. The molecule has 36 heavy (non-hydrogen) atoms. The zero-order valence-electron chi connectivity index (χ0n) is 19.3. The minimum Gasteiger partial charge on any atom is -0.488 e. The molecule has 0 saturated heterocycles. The predicted molar refractivity (Wildman–Crippen MR) is 140 cm³/mol. The number of nitrogens with one attached hydrogen (secondary N) is 2. The van der Waals surface area contributed by atoms with E-state index in [1.807, 2.05) is 91.0 Å². The van der Waals surface area contributed by atoms with Gasteiger partial charge in [-0.3, -0.25) is 4.79 Å². The summed E-state index contributed by atoms with van der Waals surface area (Å²) in [5.41, 5.74) is 4.96. The van der Waals surface area contributed by atoms with Crippen molar-refractivity contribution in [1.29, 1.82) is 0 Å². The van der Waals surface area contributed by atoms with Crippen molar-refractivity contribution in [2.24, 2.45) is 5.10 Å². The van der Waals surface area contributed by atoms with Gasteiger partial charge < -0.3 is 14.8 Å². The molecule has 0 atom stereocenters. The number of carbonyl (C=O) groups excluding carboxylic acids is 2. The van der Waals surface area contributed by atoms with Crippen LogP contribution in [0.3, 0.4) is 0 Å². The van der Waals surface area contributed by atoms with Crippen molar-refractivity contribution in [3.05, 3.63) is 113 Å². The van der Waals surface area contributed by atoms with Crippen molar-refractivity contribution in [1.82, 2.24) is 10.7 Å². The molecule has 0 aliphatic rings. The predicted octanol–water partition coefficient (Wildman–Crippen LogP) is 5.45. The van der Waals surface area contributed by atoms with Crippen LogP contribution in [0.15, 0.2) is 96.1 Å². The SMILES string of the molecule is O=C(CNC(=O)OCc1ccccc1)NN=Cc1c(OCc2ccc(Cl)cc2)ccc2ccccc12. The standard InChI is InChI=1S/C28H24ClN3O4/c29-23-13-10-21(11-14-23)18-35-26-15-12-22-8-4-5-9-24(22)25(26)16-31-32-27(33)17-30-28(34)36-19-20-6-2-1-3-7-20/h1-16H,17-19H2,(H,30,34)(H,32,33). The lowest BCUT2D eigenvalue weighted by atomic mass is 10.0. The van der Waals surface area contributed by atoms with E-state index in [9.17, 15) is 9.59 Å². The van der Waals surface area contributed by atoms with Gasteiger partial charge in [0.1, 0.15) is 25.5 Å². The first-order chi connectivity index (χ1) is 17.6. The summed E-state index contributed by atoms with van der Waals surface area (Å²) >= 11 is 5.96. The highest BCUT2D eigenvalue weighted by Gasteiger charge is 2.09. The molecule has 2 amide bonds. The first kappa shape index (κ1) is 24.8. The number of benzene rings is 4. The maximum Gasteiger partial charge on any atom is 0.407 e. The Morgan fingerprint density at radius 2 is 1.56 bits per heavy atom. The highest BCUT2D eigenvalue weighted by atomic mass is 35.5. The molecule has 0 spiro atoms. The fraction of sp³-hybridized carbons (Fsp3) is 0.107. The molecular weight excluding hydrogens is 478 g/mol. The van der Waals surface area contributed by atoms with Crippen LogP contribution in [0.5, 0.6) is 5.75 Å². The Labute approximate surface area is 213 Å². The van der Waals surface area contributed by atoms with Gasteiger partial charge in [0.15, 0.2) is 0 Å². The number of rotatable bonds is 9. The fourth-order valence-electron chi connectivity index (χ4n) is 3.41. The second kappa shape index (κ2) is 12.4. The average Bonchev–Trinajstić information content (AvgIpc) is 2.91. The molecule has 0 saturated carbocycles. The quantitative estimate of drug-likeness (QED) is 0.236. The van der Waals surface area contributed by atoms with Gasteiger partial charge in [-0.1, -0.05) is 84.4 Å². The maximum atomic E-state index is 12.2. The number of nitrogens with zero attached hydrogens (tertiary/aromatic N) is 1. The first-order valence-electron chi connectivity index (χ1n) is 11.2. The fourth-order valence-corrected chi connectivity index (χ4v) is 3.54. The van der Waals surface area contributed by atoms with Gasteiger partial charge in [0.05, 0.1) is 6.21 Å². The Bertz CT molecular complexity index is 1360.